The van der Waals surface area contributed by atoms with Gasteiger partial charge in [-0.15, -0.1) is 11.8 Å². The highest BCUT2D eigenvalue weighted by Crippen LogP contribution is 2.37. The SMILES string of the molecule is CC(Sc1ccc(Cl)cc1)C(=O)Nc1ccc(N(C)C)cc1C(F)(F)F. The molecule has 1 amide bonds. The van der Waals surface area contributed by atoms with Crippen molar-refractivity contribution in [1.29, 1.82) is 0 Å². The number of hydrogen-bond donors (Lipinski definition) is 1. The van der Waals surface area contributed by atoms with Crippen LogP contribution in [0.1, 0.15) is 12.5 Å². The van der Waals surface area contributed by atoms with Crippen molar-refractivity contribution >= 4 is 40.6 Å². The Balaban J connectivity index is 2.18. The minimum absolute atomic E-state index is 0.253. The maximum absolute atomic E-state index is 13.3. The molecular formula is C18H18ClF3N2OS. The van der Waals surface area contributed by atoms with Gasteiger partial charge in [0, 0.05) is 29.7 Å². The molecule has 3 nitrogen and oxygen atoms in total. The molecule has 0 radical (unpaired) electrons. The third-order valence-electron chi connectivity index (χ3n) is 3.58. The van der Waals surface area contributed by atoms with E-state index in [1.807, 2.05) is 0 Å². The van der Waals surface area contributed by atoms with Crippen LogP contribution in [-0.2, 0) is 11.0 Å². The highest BCUT2D eigenvalue weighted by molar-refractivity contribution is 8.00. The largest absolute Gasteiger partial charge is 0.418 e. The fraction of sp³-hybridized carbons (Fsp3) is 0.278. The van der Waals surface area contributed by atoms with E-state index in [0.717, 1.165) is 11.0 Å². The Hall–Kier alpha value is -1.86. The maximum Gasteiger partial charge on any atom is 0.418 e. The number of anilines is 2. The Morgan fingerprint density at radius 2 is 1.77 bits per heavy atom. The van der Waals surface area contributed by atoms with Crippen LogP contribution in [0.2, 0.25) is 5.02 Å². The Bertz CT molecular complexity index is 779. The number of carbonyl (C=O) groups is 1. The normalized spacial score (nSPS) is 12.6. The molecule has 1 N–H and O–H groups in total. The van der Waals surface area contributed by atoms with Gasteiger partial charge in [0.25, 0.3) is 0 Å². The summed E-state index contributed by atoms with van der Waals surface area (Å²) in [5.74, 6) is -0.506. The fourth-order valence-corrected chi connectivity index (χ4v) is 3.15. The van der Waals surface area contributed by atoms with E-state index in [1.165, 1.54) is 23.9 Å². The van der Waals surface area contributed by atoms with Gasteiger partial charge in [0.1, 0.15) is 0 Å². The molecule has 2 aromatic carbocycles. The zero-order chi connectivity index (χ0) is 19.5. The molecule has 0 aliphatic heterocycles. The fourth-order valence-electron chi connectivity index (χ4n) is 2.16. The molecular weight excluding hydrogens is 385 g/mol. The summed E-state index contributed by atoms with van der Waals surface area (Å²) in [4.78, 5) is 14.7. The smallest absolute Gasteiger partial charge is 0.378 e. The van der Waals surface area contributed by atoms with E-state index in [2.05, 4.69) is 5.32 Å². The summed E-state index contributed by atoms with van der Waals surface area (Å²) in [6, 6.07) is 10.7. The molecule has 0 bridgehead atoms. The topological polar surface area (TPSA) is 32.3 Å². The molecule has 2 rings (SSSR count). The number of alkyl halides is 3. The van der Waals surface area contributed by atoms with Gasteiger partial charge < -0.3 is 10.2 Å². The van der Waals surface area contributed by atoms with Crippen molar-refractivity contribution in [3.8, 4) is 0 Å². The highest BCUT2D eigenvalue weighted by atomic mass is 35.5. The third kappa shape index (κ3) is 5.32. The van der Waals surface area contributed by atoms with Crippen LogP contribution in [0.4, 0.5) is 24.5 Å². The van der Waals surface area contributed by atoms with Crippen LogP contribution in [0.5, 0.6) is 0 Å². The molecule has 0 heterocycles. The van der Waals surface area contributed by atoms with Gasteiger partial charge in [-0.2, -0.15) is 13.2 Å². The van der Waals surface area contributed by atoms with E-state index in [9.17, 15) is 18.0 Å². The number of amides is 1. The van der Waals surface area contributed by atoms with Crippen molar-refractivity contribution in [2.45, 2.75) is 23.2 Å². The number of halogens is 4. The van der Waals surface area contributed by atoms with E-state index >= 15 is 0 Å². The Kier molecular flexibility index (Phi) is 6.47. The number of nitrogens with one attached hydrogen (secondary N) is 1. The summed E-state index contributed by atoms with van der Waals surface area (Å²) in [5.41, 5.74) is -0.726. The van der Waals surface area contributed by atoms with Crippen molar-refractivity contribution in [3.63, 3.8) is 0 Å². The summed E-state index contributed by atoms with van der Waals surface area (Å²) in [6.07, 6.45) is -4.57. The van der Waals surface area contributed by atoms with Gasteiger partial charge in [0.05, 0.1) is 16.5 Å². The first kappa shape index (κ1) is 20.5. The second-order valence-electron chi connectivity index (χ2n) is 5.83. The minimum Gasteiger partial charge on any atom is -0.378 e. The molecule has 0 fully saturated rings. The van der Waals surface area contributed by atoms with Crippen molar-refractivity contribution in [2.75, 3.05) is 24.3 Å². The number of nitrogens with zero attached hydrogens (tertiary/aromatic N) is 1. The highest BCUT2D eigenvalue weighted by Gasteiger charge is 2.34. The summed E-state index contributed by atoms with van der Waals surface area (Å²) >= 11 is 7.06. The van der Waals surface area contributed by atoms with E-state index in [4.69, 9.17) is 11.6 Å². The molecule has 0 aromatic heterocycles. The molecule has 1 atom stereocenters. The van der Waals surface area contributed by atoms with E-state index < -0.39 is 22.9 Å². The van der Waals surface area contributed by atoms with Crippen LogP contribution in [-0.4, -0.2) is 25.3 Å². The molecule has 26 heavy (non-hydrogen) atoms. The summed E-state index contributed by atoms with van der Waals surface area (Å²) in [5, 5.41) is 2.38. The number of hydrogen-bond acceptors (Lipinski definition) is 3. The molecule has 0 aliphatic rings. The maximum atomic E-state index is 13.3. The lowest BCUT2D eigenvalue weighted by Gasteiger charge is -2.20. The Morgan fingerprint density at radius 1 is 1.15 bits per heavy atom. The first-order valence-corrected chi connectivity index (χ1v) is 8.95. The van der Waals surface area contributed by atoms with Gasteiger partial charge in [0.15, 0.2) is 0 Å². The van der Waals surface area contributed by atoms with Gasteiger partial charge in [-0.25, -0.2) is 0 Å². The van der Waals surface area contributed by atoms with Crippen LogP contribution >= 0.6 is 23.4 Å². The van der Waals surface area contributed by atoms with Gasteiger partial charge in [-0.1, -0.05) is 11.6 Å². The lowest BCUT2D eigenvalue weighted by Crippen LogP contribution is -2.24. The van der Waals surface area contributed by atoms with Crippen LogP contribution in [0.25, 0.3) is 0 Å². The first-order valence-electron chi connectivity index (χ1n) is 7.69. The third-order valence-corrected chi connectivity index (χ3v) is 4.94. The molecule has 0 saturated carbocycles. The lowest BCUT2D eigenvalue weighted by molar-refractivity contribution is -0.136. The van der Waals surface area contributed by atoms with Gasteiger partial charge in [-0.3, -0.25) is 4.79 Å². The average molecular weight is 403 g/mol. The Labute approximate surface area is 159 Å². The monoisotopic (exact) mass is 402 g/mol. The molecule has 8 heteroatoms. The van der Waals surface area contributed by atoms with E-state index in [1.54, 1.807) is 50.2 Å². The van der Waals surface area contributed by atoms with Crippen molar-refractivity contribution in [2.24, 2.45) is 0 Å². The van der Waals surface area contributed by atoms with Crippen LogP contribution in [0, 0.1) is 0 Å². The number of thioether (sulfide) groups is 1. The molecule has 2 aromatic rings. The summed E-state index contributed by atoms with van der Waals surface area (Å²) in [7, 11) is 3.30. The summed E-state index contributed by atoms with van der Waals surface area (Å²) < 4.78 is 40.0. The Morgan fingerprint density at radius 3 is 2.31 bits per heavy atom. The quantitative estimate of drug-likeness (QED) is 0.666. The minimum atomic E-state index is -4.57. The zero-order valence-corrected chi connectivity index (χ0v) is 16.0. The van der Waals surface area contributed by atoms with Gasteiger partial charge in [-0.05, 0) is 49.4 Å². The predicted octanol–water partition coefficient (Wildman–Crippen LogP) is 5.54. The number of benzene rings is 2. The second-order valence-corrected chi connectivity index (χ2v) is 7.68. The van der Waals surface area contributed by atoms with Crippen LogP contribution < -0.4 is 10.2 Å². The number of carbonyl (C=O) groups excluding carboxylic acids is 1. The van der Waals surface area contributed by atoms with E-state index in [0.29, 0.717) is 10.7 Å². The number of rotatable bonds is 5. The molecule has 0 spiro atoms. The lowest BCUT2D eigenvalue weighted by atomic mass is 10.1. The average Bonchev–Trinajstić information content (AvgIpc) is 2.56. The first-order chi connectivity index (χ1) is 12.1. The zero-order valence-electron chi connectivity index (χ0n) is 14.4. The van der Waals surface area contributed by atoms with Crippen molar-refractivity contribution in [1.82, 2.24) is 0 Å². The molecule has 0 aliphatic carbocycles. The van der Waals surface area contributed by atoms with Gasteiger partial charge in [0.2, 0.25) is 5.91 Å². The van der Waals surface area contributed by atoms with Crippen LogP contribution in [0.3, 0.4) is 0 Å². The van der Waals surface area contributed by atoms with Crippen LogP contribution in [0.15, 0.2) is 47.4 Å². The molecule has 140 valence electrons. The molecule has 0 saturated heterocycles. The van der Waals surface area contributed by atoms with Crippen molar-refractivity contribution < 1.29 is 18.0 Å². The van der Waals surface area contributed by atoms with Gasteiger partial charge >= 0.3 is 6.18 Å². The van der Waals surface area contributed by atoms with Crippen molar-refractivity contribution in [3.05, 3.63) is 53.1 Å². The summed E-state index contributed by atoms with van der Waals surface area (Å²) in [6.45, 7) is 1.63. The standard InChI is InChI=1S/C18H18ClF3N2OS/c1-11(26-14-7-4-12(19)5-8-14)17(25)23-16-9-6-13(24(2)3)10-15(16)18(20,21)22/h4-11H,1-3H3,(H,23,25). The van der Waals surface area contributed by atoms with E-state index in [-0.39, 0.29) is 5.69 Å². The predicted molar refractivity (Wildman–Crippen MR) is 101 cm³/mol. The molecule has 1 unspecified atom stereocenters. The second kappa shape index (κ2) is 8.22.